The van der Waals surface area contributed by atoms with Crippen molar-refractivity contribution in [2.75, 3.05) is 25.6 Å². The number of aliphatic hydroxyl groups excluding tert-OH is 1. The molecule has 3 N–H and O–H groups in total. The highest BCUT2D eigenvalue weighted by atomic mass is 35.5. The van der Waals surface area contributed by atoms with Gasteiger partial charge in [0.05, 0.1) is 28.6 Å². The molecule has 0 saturated carbocycles. The van der Waals surface area contributed by atoms with E-state index < -0.39 is 12.0 Å². The van der Waals surface area contributed by atoms with E-state index in [9.17, 15) is 9.90 Å². The number of nitrogens with one attached hydrogen (secondary N) is 2. The van der Waals surface area contributed by atoms with Gasteiger partial charge in [-0.2, -0.15) is 0 Å². The summed E-state index contributed by atoms with van der Waals surface area (Å²) in [6, 6.07) is 4.91. The number of aliphatic hydroxyl groups is 1. The molecule has 1 atom stereocenters. The average molecular weight is 435 g/mol. The Bertz CT molecular complexity index is 1030. The minimum absolute atomic E-state index is 0.0745. The van der Waals surface area contributed by atoms with Gasteiger partial charge in [0.25, 0.3) is 5.91 Å². The number of methoxy groups -OCH3 is 1. The lowest BCUT2D eigenvalue weighted by molar-refractivity contribution is -0.0365. The van der Waals surface area contributed by atoms with Gasteiger partial charge in [-0.3, -0.25) is 9.63 Å². The van der Waals surface area contributed by atoms with Crippen LogP contribution in [-0.2, 0) is 9.57 Å². The fraction of sp³-hybridized carbons (Fsp3) is 0.222. The Morgan fingerprint density at radius 1 is 1.38 bits per heavy atom. The highest BCUT2D eigenvalue weighted by molar-refractivity contribution is 6.39. The largest absolute Gasteiger partial charge is 0.388 e. The number of benzene rings is 1. The third-order valence-corrected chi connectivity index (χ3v) is 4.59. The molecule has 3 aromatic rings. The molecule has 0 aliphatic heterocycles. The van der Waals surface area contributed by atoms with E-state index in [-0.39, 0.29) is 29.5 Å². The number of carbonyl (C=O) groups is 1. The Balaban J connectivity index is 1.90. The van der Waals surface area contributed by atoms with E-state index in [0.29, 0.717) is 21.8 Å². The summed E-state index contributed by atoms with van der Waals surface area (Å²) in [5.41, 5.74) is 4.20. The number of imidazole rings is 1. The first-order chi connectivity index (χ1) is 13.9. The number of pyridine rings is 1. The molecular formula is C18H17BCl2N4O4. The van der Waals surface area contributed by atoms with Gasteiger partial charge in [-0.15, -0.1) is 0 Å². The predicted molar refractivity (Wildman–Crippen MR) is 112 cm³/mol. The average Bonchev–Trinajstić information content (AvgIpc) is 3.14. The summed E-state index contributed by atoms with van der Waals surface area (Å²) in [5, 5.41) is 13.3. The number of anilines is 2. The summed E-state index contributed by atoms with van der Waals surface area (Å²) < 4.78 is 6.41. The number of hydroxylamine groups is 1. The van der Waals surface area contributed by atoms with E-state index in [1.54, 1.807) is 41.2 Å². The van der Waals surface area contributed by atoms with Crippen LogP contribution >= 0.6 is 23.2 Å². The maximum absolute atomic E-state index is 12.7. The lowest BCUT2D eigenvalue weighted by atomic mass is 9.96. The van der Waals surface area contributed by atoms with Crippen molar-refractivity contribution in [2.24, 2.45) is 0 Å². The fourth-order valence-corrected chi connectivity index (χ4v) is 3.11. The maximum Gasteiger partial charge on any atom is 0.278 e. The lowest BCUT2D eigenvalue weighted by Crippen LogP contribution is -2.30. The van der Waals surface area contributed by atoms with E-state index in [1.807, 2.05) is 0 Å². The van der Waals surface area contributed by atoms with Crippen molar-refractivity contribution in [3.05, 3.63) is 52.4 Å². The van der Waals surface area contributed by atoms with Gasteiger partial charge in [0.2, 0.25) is 0 Å². The Hall–Kier alpha value is -2.30. The first-order valence-electron chi connectivity index (χ1n) is 8.47. The molecular weight excluding hydrogens is 418 g/mol. The van der Waals surface area contributed by atoms with E-state index in [4.69, 9.17) is 40.6 Å². The van der Waals surface area contributed by atoms with E-state index in [0.717, 1.165) is 0 Å². The third kappa shape index (κ3) is 5.01. The number of ether oxygens (including phenoxy) is 1. The van der Waals surface area contributed by atoms with Gasteiger partial charge < -0.3 is 19.6 Å². The van der Waals surface area contributed by atoms with Crippen LogP contribution < -0.4 is 16.3 Å². The topological polar surface area (TPSA) is 97.1 Å². The van der Waals surface area contributed by atoms with Crippen molar-refractivity contribution < 1.29 is 19.5 Å². The Morgan fingerprint density at radius 2 is 2.17 bits per heavy atom. The number of halogens is 2. The van der Waals surface area contributed by atoms with Crippen LogP contribution in [0.3, 0.4) is 0 Å². The second kappa shape index (κ2) is 9.47. The SMILES string of the molecule is [B]c1ccc(Nc2c(C(=O)NOCC(O)COC)cn3ccnc3c2Cl)c(Cl)c1. The molecule has 29 heavy (non-hydrogen) atoms. The molecule has 11 heteroatoms. The van der Waals surface area contributed by atoms with Crippen molar-refractivity contribution in [3.63, 3.8) is 0 Å². The molecule has 2 aromatic heterocycles. The van der Waals surface area contributed by atoms with E-state index in [1.165, 1.54) is 7.11 Å². The number of aromatic nitrogens is 2. The van der Waals surface area contributed by atoms with Crippen molar-refractivity contribution in [1.29, 1.82) is 0 Å². The molecule has 8 nitrogen and oxygen atoms in total. The first-order valence-corrected chi connectivity index (χ1v) is 9.22. The van der Waals surface area contributed by atoms with Gasteiger partial charge in [0, 0.05) is 25.7 Å². The van der Waals surface area contributed by atoms with Gasteiger partial charge in [-0.1, -0.05) is 34.7 Å². The Kier molecular flexibility index (Phi) is 6.99. The molecule has 0 aliphatic rings. The number of carbonyl (C=O) groups excluding carboxylic acids is 1. The summed E-state index contributed by atoms with van der Waals surface area (Å²) in [4.78, 5) is 22.0. The molecule has 0 aliphatic carbocycles. The standard InChI is InChI=1S/C18H17BCl2N4O4/c1-28-8-11(26)9-29-24-18(27)12-7-25-5-4-22-17(25)15(21)16(12)23-14-3-2-10(19)6-13(14)20/h2-7,11,23,26H,8-9H2,1H3,(H,24,27). The van der Waals surface area contributed by atoms with Crippen LogP contribution in [0, 0.1) is 0 Å². The van der Waals surface area contributed by atoms with Crippen LogP contribution in [0.4, 0.5) is 11.4 Å². The predicted octanol–water partition coefficient (Wildman–Crippen LogP) is 1.85. The molecule has 1 amide bonds. The second-order valence-electron chi connectivity index (χ2n) is 6.11. The van der Waals surface area contributed by atoms with Crippen molar-refractivity contribution in [1.82, 2.24) is 14.9 Å². The minimum Gasteiger partial charge on any atom is -0.388 e. The van der Waals surface area contributed by atoms with Gasteiger partial charge in [0.15, 0.2) is 5.65 Å². The summed E-state index contributed by atoms with van der Waals surface area (Å²) in [5.74, 6) is -0.582. The van der Waals surface area contributed by atoms with Gasteiger partial charge in [0.1, 0.15) is 25.6 Å². The fourth-order valence-electron chi connectivity index (χ4n) is 2.58. The molecule has 1 unspecified atom stereocenters. The number of nitrogens with zero attached hydrogens (tertiary/aromatic N) is 2. The molecule has 1 aromatic carbocycles. The van der Waals surface area contributed by atoms with Gasteiger partial charge >= 0.3 is 0 Å². The zero-order chi connectivity index (χ0) is 21.0. The number of hydrogen-bond donors (Lipinski definition) is 3. The molecule has 2 heterocycles. The van der Waals surface area contributed by atoms with Crippen LogP contribution in [0.1, 0.15) is 10.4 Å². The highest BCUT2D eigenvalue weighted by Crippen LogP contribution is 2.34. The first kappa shape index (κ1) is 21.4. The Morgan fingerprint density at radius 3 is 2.90 bits per heavy atom. The Labute approximate surface area is 178 Å². The molecule has 0 bridgehead atoms. The monoisotopic (exact) mass is 434 g/mol. The zero-order valence-corrected chi connectivity index (χ0v) is 16.9. The molecule has 2 radical (unpaired) electrons. The summed E-state index contributed by atoms with van der Waals surface area (Å²) in [7, 11) is 7.18. The lowest BCUT2D eigenvalue weighted by Gasteiger charge is -2.16. The number of amides is 1. The van der Waals surface area contributed by atoms with Gasteiger partial charge in [-0.05, 0) is 12.1 Å². The van der Waals surface area contributed by atoms with Crippen LogP contribution in [0.25, 0.3) is 5.65 Å². The van der Waals surface area contributed by atoms with E-state index >= 15 is 0 Å². The molecule has 3 rings (SSSR count). The van der Waals surface area contributed by atoms with Crippen molar-refractivity contribution in [2.45, 2.75) is 6.10 Å². The summed E-state index contributed by atoms with van der Waals surface area (Å²) in [6.07, 6.45) is 3.87. The second-order valence-corrected chi connectivity index (χ2v) is 6.89. The summed E-state index contributed by atoms with van der Waals surface area (Å²) in [6.45, 7) is -0.0711. The van der Waals surface area contributed by atoms with Crippen molar-refractivity contribution >= 4 is 59.4 Å². The number of rotatable bonds is 8. The smallest absolute Gasteiger partial charge is 0.278 e. The maximum atomic E-state index is 12.7. The molecule has 150 valence electrons. The molecule has 0 spiro atoms. The summed E-state index contributed by atoms with van der Waals surface area (Å²) >= 11 is 12.7. The van der Waals surface area contributed by atoms with Gasteiger partial charge in [-0.25, -0.2) is 10.5 Å². The quantitative estimate of drug-likeness (QED) is 0.369. The van der Waals surface area contributed by atoms with Crippen LogP contribution in [0.15, 0.2) is 36.8 Å². The third-order valence-electron chi connectivity index (χ3n) is 3.92. The molecule has 0 fully saturated rings. The van der Waals surface area contributed by atoms with Crippen LogP contribution in [-0.4, -0.2) is 54.7 Å². The number of fused-ring (bicyclic) bond motifs is 1. The normalized spacial score (nSPS) is 12.1. The van der Waals surface area contributed by atoms with Crippen molar-refractivity contribution in [3.8, 4) is 0 Å². The number of hydrogen-bond acceptors (Lipinski definition) is 6. The van der Waals surface area contributed by atoms with E-state index in [2.05, 4.69) is 15.8 Å². The van der Waals surface area contributed by atoms with Crippen LogP contribution in [0.5, 0.6) is 0 Å². The van der Waals surface area contributed by atoms with Crippen LogP contribution in [0.2, 0.25) is 10.0 Å². The highest BCUT2D eigenvalue weighted by Gasteiger charge is 2.20. The minimum atomic E-state index is -0.883. The molecule has 0 saturated heterocycles. The zero-order valence-electron chi connectivity index (χ0n) is 15.4.